The van der Waals surface area contributed by atoms with E-state index in [1.807, 2.05) is 24.3 Å². The summed E-state index contributed by atoms with van der Waals surface area (Å²) in [5.74, 6) is 0.217. The summed E-state index contributed by atoms with van der Waals surface area (Å²) in [6.07, 6.45) is 2.31. The lowest BCUT2D eigenvalue weighted by atomic mass is 10.1. The van der Waals surface area contributed by atoms with E-state index in [0.29, 0.717) is 24.6 Å². The van der Waals surface area contributed by atoms with E-state index in [2.05, 4.69) is 10.3 Å². The molecule has 0 aliphatic carbocycles. The van der Waals surface area contributed by atoms with Gasteiger partial charge in [-0.15, -0.1) is 12.4 Å². The van der Waals surface area contributed by atoms with Gasteiger partial charge in [0.1, 0.15) is 6.20 Å². The number of hydrogen-bond acceptors (Lipinski definition) is 5. The molecular weight excluding hydrogens is 334 g/mol. The van der Waals surface area contributed by atoms with Crippen molar-refractivity contribution in [2.75, 3.05) is 12.3 Å². The molecule has 0 spiro atoms. The van der Waals surface area contributed by atoms with Gasteiger partial charge in [0.05, 0.1) is 0 Å². The quantitative estimate of drug-likeness (QED) is 0.447. The topological polar surface area (TPSA) is 116 Å². The zero-order valence-electron chi connectivity index (χ0n) is 13.3. The van der Waals surface area contributed by atoms with Crippen LogP contribution in [0.5, 0.6) is 0 Å². The molecule has 0 saturated heterocycles. The number of halogens is 1. The number of aryl methyl sites for hydroxylation is 2. The third kappa shape index (κ3) is 5.54. The van der Waals surface area contributed by atoms with E-state index in [-0.39, 0.29) is 30.6 Å². The number of rotatable bonds is 7. The molecule has 3 N–H and O–H groups in total. The maximum absolute atomic E-state index is 11.8. The first-order valence-electron chi connectivity index (χ1n) is 7.25. The van der Waals surface area contributed by atoms with E-state index in [1.165, 1.54) is 6.20 Å². The Morgan fingerprint density at radius 3 is 2.62 bits per heavy atom. The summed E-state index contributed by atoms with van der Waals surface area (Å²) in [6, 6.07) is 7.50. The molecule has 0 bridgehead atoms. The zero-order chi connectivity index (χ0) is 16.8. The van der Waals surface area contributed by atoms with Gasteiger partial charge in [0, 0.05) is 32.1 Å². The van der Waals surface area contributed by atoms with Crippen molar-refractivity contribution >= 4 is 29.8 Å². The lowest BCUT2D eigenvalue weighted by Crippen LogP contribution is -2.26. The summed E-state index contributed by atoms with van der Waals surface area (Å²) in [7, 11) is 0. The average Bonchev–Trinajstić information content (AvgIpc) is 2.89. The molecule has 0 radical (unpaired) electrons. The Morgan fingerprint density at radius 1 is 1.38 bits per heavy atom. The number of hydrogen-bond donors (Lipinski definition) is 2. The van der Waals surface area contributed by atoms with Gasteiger partial charge in [-0.05, 0) is 34.0 Å². The zero-order valence-corrected chi connectivity index (χ0v) is 14.1. The van der Waals surface area contributed by atoms with Crippen molar-refractivity contribution in [2.24, 2.45) is 0 Å². The molecule has 0 atom stereocenters. The molecule has 8 nitrogen and oxygen atoms in total. The minimum Gasteiger partial charge on any atom is -0.399 e. The van der Waals surface area contributed by atoms with Crippen LogP contribution in [0.4, 0.5) is 11.5 Å². The Morgan fingerprint density at radius 2 is 2.04 bits per heavy atom. The fourth-order valence-corrected chi connectivity index (χ4v) is 2.15. The molecule has 1 aromatic carbocycles. The average molecular weight is 354 g/mol. The molecular formula is C15H20ClN5O3. The van der Waals surface area contributed by atoms with Gasteiger partial charge >= 0.3 is 5.82 Å². The molecule has 1 aromatic heterocycles. The highest BCUT2D eigenvalue weighted by Crippen LogP contribution is 2.10. The Balaban J connectivity index is 0.00000288. The number of imidazole rings is 1. The second-order valence-corrected chi connectivity index (χ2v) is 5.19. The second-order valence-electron chi connectivity index (χ2n) is 5.19. The minimum absolute atomic E-state index is 0. The van der Waals surface area contributed by atoms with Crippen LogP contribution in [-0.2, 0) is 17.8 Å². The molecule has 130 valence electrons. The van der Waals surface area contributed by atoms with Crippen LogP contribution < -0.4 is 11.1 Å². The van der Waals surface area contributed by atoms with Crippen molar-refractivity contribution in [3.8, 4) is 0 Å². The number of carbonyl (C=O) groups is 1. The molecule has 2 aromatic rings. The summed E-state index contributed by atoms with van der Waals surface area (Å²) < 4.78 is 1.61. The molecule has 0 aliphatic rings. The number of nitrogen functional groups attached to an aromatic ring is 1. The predicted octanol–water partition coefficient (Wildman–Crippen LogP) is 1.85. The van der Waals surface area contributed by atoms with Crippen molar-refractivity contribution in [1.82, 2.24) is 14.9 Å². The van der Waals surface area contributed by atoms with Gasteiger partial charge in [-0.1, -0.05) is 12.1 Å². The maximum Gasteiger partial charge on any atom is 0.381 e. The van der Waals surface area contributed by atoms with E-state index in [0.717, 1.165) is 12.0 Å². The van der Waals surface area contributed by atoms with Gasteiger partial charge in [-0.25, -0.2) is 0 Å². The first-order valence-corrected chi connectivity index (χ1v) is 7.25. The normalized spacial score (nSPS) is 10.0. The van der Waals surface area contributed by atoms with Crippen molar-refractivity contribution < 1.29 is 9.72 Å². The standard InChI is InChI=1S/C15H19N5O3.ClH/c1-11-18-14(20(22)23)10-19(11)9-7-15(21)17-8-6-12-2-4-13(16)5-3-12;/h2-5,10H,6-9,16H2,1H3,(H,17,21);1H. The Labute approximate surface area is 145 Å². The van der Waals surface area contributed by atoms with Crippen LogP contribution in [0, 0.1) is 17.0 Å². The molecule has 9 heteroatoms. The van der Waals surface area contributed by atoms with Crippen LogP contribution in [0.2, 0.25) is 0 Å². The van der Waals surface area contributed by atoms with Gasteiger partial charge in [0.15, 0.2) is 0 Å². The number of aromatic nitrogens is 2. The summed E-state index contributed by atoms with van der Waals surface area (Å²) in [5.41, 5.74) is 7.42. The van der Waals surface area contributed by atoms with Gasteiger partial charge in [-0.2, -0.15) is 0 Å². The number of nitro groups is 1. The van der Waals surface area contributed by atoms with Crippen molar-refractivity contribution in [3.05, 3.63) is 52.0 Å². The highest BCUT2D eigenvalue weighted by atomic mass is 35.5. The van der Waals surface area contributed by atoms with E-state index >= 15 is 0 Å². The van der Waals surface area contributed by atoms with Gasteiger partial charge in [-0.3, -0.25) is 4.79 Å². The maximum atomic E-state index is 11.8. The Kier molecular flexibility index (Phi) is 7.19. The van der Waals surface area contributed by atoms with Crippen LogP contribution in [0.3, 0.4) is 0 Å². The number of carbonyl (C=O) groups excluding carboxylic acids is 1. The number of anilines is 1. The van der Waals surface area contributed by atoms with Crippen LogP contribution in [0.25, 0.3) is 0 Å². The van der Waals surface area contributed by atoms with E-state index < -0.39 is 4.92 Å². The summed E-state index contributed by atoms with van der Waals surface area (Å²) in [5, 5.41) is 13.5. The van der Waals surface area contributed by atoms with E-state index in [9.17, 15) is 14.9 Å². The fraction of sp³-hybridized carbons (Fsp3) is 0.333. The lowest BCUT2D eigenvalue weighted by molar-refractivity contribution is -0.389. The van der Waals surface area contributed by atoms with Gasteiger partial charge in [0.2, 0.25) is 11.7 Å². The third-order valence-corrected chi connectivity index (χ3v) is 3.45. The van der Waals surface area contributed by atoms with Crippen LogP contribution in [-0.4, -0.2) is 26.9 Å². The number of benzene rings is 1. The van der Waals surface area contributed by atoms with Crippen LogP contribution >= 0.6 is 12.4 Å². The van der Waals surface area contributed by atoms with Crippen molar-refractivity contribution in [2.45, 2.75) is 26.3 Å². The predicted molar refractivity (Wildman–Crippen MR) is 93.1 cm³/mol. The largest absolute Gasteiger partial charge is 0.399 e. The fourth-order valence-electron chi connectivity index (χ4n) is 2.15. The summed E-state index contributed by atoms with van der Waals surface area (Å²) >= 11 is 0. The monoisotopic (exact) mass is 353 g/mol. The summed E-state index contributed by atoms with van der Waals surface area (Å²) in [6.45, 7) is 2.57. The first-order chi connectivity index (χ1) is 11.0. The van der Waals surface area contributed by atoms with Crippen LogP contribution in [0.15, 0.2) is 30.5 Å². The molecule has 24 heavy (non-hydrogen) atoms. The highest BCUT2D eigenvalue weighted by Gasteiger charge is 2.15. The lowest BCUT2D eigenvalue weighted by Gasteiger charge is -2.06. The molecule has 0 aliphatic heterocycles. The van der Waals surface area contributed by atoms with Gasteiger partial charge in [0.25, 0.3) is 0 Å². The minimum atomic E-state index is -0.545. The smallest absolute Gasteiger partial charge is 0.381 e. The number of amides is 1. The molecule has 0 fully saturated rings. The van der Waals surface area contributed by atoms with Crippen molar-refractivity contribution in [1.29, 1.82) is 0 Å². The Hall–Kier alpha value is -2.61. The molecule has 1 amide bonds. The van der Waals surface area contributed by atoms with E-state index in [4.69, 9.17) is 5.73 Å². The molecule has 1 heterocycles. The van der Waals surface area contributed by atoms with Crippen LogP contribution in [0.1, 0.15) is 17.8 Å². The highest BCUT2D eigenvalue weighted by molar-refractivity contribution is 5.85. The SMILES string of the molecule is Cc1nc([N+](=O)[O-])cn1CCC(=O)NCCc1ccc(N)cc1.Cl. The first kappa shape index (κ1) is 19.4. The molecule has 0 unspecified atom stereocenters. The van der Waals surface area contributed by atoms with Crippen molar-refractivity contribution in [3.63, 3.8) is 0 Å². The number of nitrogens with two attached hydrogens (primary N) is 1. The third-order valence-electron chi connectivity index (χ3n) is 3.45. The Bertz CT molecular complexity index is 700. The second kappa shape index (κ2) is 8.88. The van der Waals surface area contributed by atoms with E-state index in [1.54, 1.807) is 11.5 Å². The summed E-state index contributed by atoms with van der Waals surface area (Å²) in [4.78, 5) is 25.7. The number of nitrogens with one attached hydrogen (secondary N) is 1. The molecule has 2 rings (SSSR count). The van der Waals surface area contributed by atoms with Gasteiger partial charge < -0.3 is 25.7 Å². The number of nitrogens with zero attached hydrogens (tertiary/aromatic N) is 3. The molecule has 0 saturated carbocycles.